The molecule has 3 aromatic rings. The minimum absolute atomic E-state index is 0.0560. The first-order chi connectivity index (χ1) is 11.6. The molecule has 0 unspecified atom stereocenters. The van der Waals surface area contributed by atoms with Gasteiger partial charge in [-0.05, 0) is 23.3 Å². The molecular weight excluding hydrogens is 302 g/mol. The SMILES string of the molecule is Cc1cc(=O)n(CCNC(=O)Cc2cccc3ccccc23)cn1. The number of nitrogens with zero attached hydrogens (tertiary/aromatic N) is 2. The van der Waals surface area contributed by atoms with Gasteiger partial charge in [0.05, 0.1) is 12.7 Å². The summed E-state index contributed by atoms with van der Waals surface area (Å²) in [5, 5.41) is 5.08. The fraction of sp³-hybridized carbons (Fsp3) is 0.211. The summed E-state index contributed by atoms with van der Waals surface area (Å²) < 4.78 is 1.49. The number of hydrogen-bond donors (Lipinski definition) is 1. The highest BCUT2D eigenvalue weighted by Crippen LogP contribution is 2.18. The van der Waals surface area contributed by atoms with Gasteiger partial charge in [0.25, 0.3) is 5.56 Å². The Morgan fingerprint density at radius 3 is 2.79 bits per heavy atom. The summed E-state index contributed by atoms with van der Waals surface area (Å²) >= 11 is 0. The van der Waals surface area contributed by atoms with Gasteiger partial charge in [0, 0.05) is 24.8 Å². The second-order valence-corrected chi connectivity index (χ2v) is 5.73. The van der Waals surface area contributed by atoms with Gasteiger partial charge in [-0.15, -0.1) is 0 Å². The first kappa shape index (κ1) is 15.9. The molecule has 0 aliphatic heterocycles. The Kier molecular flexibility index (Phi) is 4.70. The predicted molar refractivity (Wildman–Crippen MR) is 93.9 cm³/mol. The van der Waals surface area contributed by atoms with Gasteiger partial charge in [0.1, 0.15) is 0 Å². The zero-order valence-corrected chi connectivity index (χ0v) is 13.5. The van der Waals surface area contributed by atoms with Crippen LogP contribution in [0.4, 0.5) is 0 Å². The Bertz CT molecular complexity index is 926. The number of carbonyl (C=O) groups is 1. The van der Waals surface area contributed by atoms with Crippen LogP contribution in [0.2, 0.25) is 0 Å². The molecule has 1 heterocycles. The lowest BCUT2D eigenvalue weighted by molar-refractivity contribution is -0.120. The first-order valence-electron chi connectivity index (χ1n) is 7.90. The van der Waals surface area contributed by atoms with E-state index in [2.05, 4.69) is 10.3 Å². The third-order valence-electron chi connectivity index (χ3n) is 3.92. The van der Waals surface area contributed by atoms with Gasteiger partial charge in [-0.25, -0.2) is 4.98 Å². The predicted octanol–water partition coefficient (Wildman–Crippen LogP) is 2.06. The van der Waals surface area contributed by atoms with Crippen molar-refractivity contribution in [3.8, 4) is 0 Å². The Balaban J connectivity index is 1.60. The van der Waals surface area contributed by atoms with Gasteiger partial charge in [0.2, 0.25) is 5.91 Å². The molecule has 122 valence electrons. The molecule has 24 heavy (non-hydrogen) atoms. The maximum atomic E-state index is 12.2. The molecule has 5 nitrogen and oxygen atoms in total. The Hall–Kier alpha value is -2.95. The van der Waals surface area contributed by atoms with Crippen molar-refractivity contribution in [1.82, 2.24) is 14.9 Å². The van der Waals surface area contributed by atoms with E-state index in [1.54, 1.807) is 6.92 Å². The summed E-state index contributed by atoms with van der Waals surface area (Å²) in [6, 6.07) is 15.5. The third kappa shape index (κ3) is 3.68. The number of carbonyl (C=O) groups excluding carboxylic acids is 1. The normalized spacial score (nSPS) is 10.7. The van der Waals surface area contributed by atoms with Crippen LogP contribution in [0.15, 0.2) is 59.7 Å². The van der Waals surface area contributed by atoms with E-state index < -0.39 is 0 Å². The number of rotatable bonds is 5. The summed E-state index contributed by atoms with van der Waals surface area (Å²) in [4.78, 5) is 28.0. The van der Waals surface area contributed by atoms with Crippen LogP contribution in [0.1, 0.15) is 11.3 Å². The summed E-state index contributed by atoms with van der Waals surface area (Å²) in [5.41, 5.74) is 1.59. The average molecular weight is 321 g/mol. The molecule has 0 atom stereocenters. The van der Waals surface area contributed by atoms with Crippen molar-refractivity contribution in [3.63, 3.8) is 0 Å². The highest BCUT2D eigenvalue weighted by Gasteiger charge is 2.06. The van der Waals surface area contributed by atoms with Gasteiger partial charge in [-0.2, -0.15) is 0 Å². The van der Waals surface area contributed by atoms with Crippen molar-refractivity contribution in [2.24, 2.45) is 0 Å². The lowest BCUT2D eigenvalue weighted by Crippen LogP contribution is -2.31. The molecule has 5 heteroatoms. The summed E-state index contributed by atoms with van der Waals surface area (Å²) in [6.45, 7) is 2.58. The number of hydrogen-bond acceptors (Lipinski definition) is 3. The molecular formula is C19H19N3O2. The van der Waals surface area contributed by atoms with Gasteiger partial charge >= 0.3 is 0 Å². The maximum absolute atomic E-state index is 12.2. The van der Waals surface area contributed by atoms with Crippen molar-refractivity contribution in [1.29, 1.82) is 0 Å². The molecule has 0 saturated heterocycles. The summed E-state index contributed by atoms with van der Waals surface area (Å²) in [6.07, 6.45) is 1.83. The van der Waals surface area contributed by atoms with E-state index in [0.717, 1.165) is 16.3 Å². The Labute approximate surface area is 140 Å². The quantitative estimate of drug-likeness (QED) is 0.782. The highest BCUT2D eigenvalue weighted by atomic mass is 16.1. The van der Waals surface area contributed by atoms with Crippen LogP contribution in [0.25, 0.3) is 10.8 Å². The van der Waals surface area contributed by atoms with E-state index in [1.165, 1.54) is 17.0 Å². The molecule has 1 N–H and O–H groups in total. The van der Waals surface area contributed by atoms with Crippen LogP contribution in [0.5, 0.6) is 0 Å². The first-order valence-corrected chi connectivity index (χ1v) is 7.90. The second kappa shape index (κ2) is 7.08. The zero-order chi connectivity index (χ0) is 16.9. The van der Waals surface area contributed by atoms with E-state index in [1.807, 2.05) is 42.5 Å². The minimum Gasteiger partial charge on any atom is -0.354 e. The van der Waals surface area contributed by atoms with Gasteiger partial charge in [0.15, 0.2) is 0 Å². The number of benzene rings is 2. The van der Waals surface area contributed by atoms with Crippen LogP contribution in [0.3, 0.4) is 0 Å². The van der Waals surface area contributed by atoms with Crippen molar-refractivity contribution in [2.45, 2.75) is 19.9 Å². The molecule has 1 amide bonds. The molecule has 0 spiro atoms. The van der Waals surface area contributed by atoms with Gasteiger partial charge < -0.3 is 5.32 Å². The molecule has 3 rings (SSSR count). The molecule has 0 radical (unpaired) electrons. The number of amides is 1. The number of fused-ring (bicyclic) bond motifs is 1. The van der Waals surface area contributed by atoms with Crippen molar-refractivity contribution < 1.29 is 4.79 Å². The topological polar surface area (TPSA) is 64.0 Å². The fourth-order valence-corrected chi connectivity index (χ4v) is 2.68. The van der Waals surface area contributed by atoms with E-state index in [0.29, 0.717) is 25.2 Å². The molecule has 0 fully saturated rings. The summed E-state index contributed by atoms with van der Waals surface area (Å²) in [7, 11) is 0. The largest absolute Gasteiger partial charge is 0.354 e. The zero-order valence-electron chi connectivity index (χ0n) is 13.5. The molecule has 0 aliphatic carbocycles. The number of nitrogens with one attached hydrogen (secondary N) is 1. The van der Waals surface area contributed by atoms with Crippen LogP contribution >= 0.6 is 0 Å². The lowest BCUT2D eigenvalue weighted by atomic mass is 10.0. The summed E-state index contributed by atoms with van der Waals surface area (Å²) in [5.74, 6) is -0.0560. The van der Waals surface area contributed by atoms with E-state index in [-0.39, 0.29) is 11.5 Å². The minimum atomic E-state index is -0.106. The average Bonchev–Trinajstić information content (AvgIpc) is 2.57. The van der Waals surface area contributed by atoms with E-state index >= 15 is 0 Å². The van der Waals surface area contributed by atoms with Crippen molar-refractivity contribution in [2.75, 3.05) is 6.54 Å². The van der Waals surface area contributed by atoms with Crippen LogP contribution < -0.4 is 10.9 Å². The lowest BCUT2D eigenvalue weighted by Gasteiger charge is -2.09. The van der Waals surface area contributed by atoms with Crippen LogP contribution in [-0.4, -0.2) is 22.0 Å². The molecule has 1 aromatic heterocycles. The van der Waals surface area contributed by atoms with Gasteiger partial charge in [-0.1, -0.05) is 42.5 Å². The smallest absolute Gasteiger partial charge is 0.253 e. The van der Waals surface area contributed by atoms with E-state index in [4.69, 9.17) is 0 Å². The van der Waals surface area contributed by atoms with Crippen LogP contribution in [-0.2, 0) is 17.8 Å². The molecule has 0 saturated carbocycles. The second-order valence-electron chi connectivity index (χ2n) is 5.73. The highest BCUT2D eigenvalue weighted by molar-refractivity contribution is 5.90. The fourth-order valence-electron chi connectivity index (χ4n) is 2.68. The maximum Gasteiger partial charge on any atom is 0.253 e. The van der Waals surface area contributed by atoms with E-state index in [9.17, 15) is 9.59 Å². The third-order valence-corrected chi connectivity index (χ3v) is 3.92. The standard InChI is InChI=1S/C19H19N3O2/c1-14-11-19(24)22(13-21-14)10-9-20-18(23)12-16-7-4-6-15-5-2-3-8-17(15)16/h2-8,11,13H,9-10,12H2,1H3,(H,20,23). The van der Waals surface area contributed by atoms with Crippen molar-refractivity contribution >= 4 is 16.7 Å². The Morgan fingerprint density at radius 1 is 1.17 bits per heavy atom. The van der Waals surface area contributed by atoms with Gasteiger partial charge in [-0.3, -0.25) is 14.2 Å². The molecule has 0 aliphatic rings. The number of aryl methyl sites for hydroxylation is 1. The van der Waals surface area contributed by atoms with Crippen LogP contribution in [0, 0.1) is 6.92 Å². The van der Waals surface area contributed by atoms with Crippen molar-refractivity contribution in [3.05, 3.63) is 76.5 Å². The molecule has 2 aromatic carbocycles. The molecule has 0 bridgehead atoms. The monoisotopic (exact) mass is 321 g/mol. The number of aromatic nitrogens is 2. The Morgan fingerprint density at radius 2 is 1.96 bits per heavy atom.